The summed E-state index contributed by atoms with van der Waals surface area (Å²) in [6.45, 7) is 4.19. The Morgan fingerprint density at radius 1 is 1.36 bits per heavy atom. The second-order valence-corrected chi connectivity index (χ2v) is 6.18. The van der Waals surface area contributed by atoms with Crippen LogP contribution in [0, 0.1) is 0 Å². The van der Waals surface area contributed by atoms with E-state index in [0.29, 0.717) is 24.7 Å². The number of aryl methyl sites for hydroxylation is 1. The van der Waals surface area contributed by atoms with Gasteiger partial charge in [0.1, 0.15) is 5.69 Å². The molecule has 1 aliphatic rings. The number of aromatic nitrogens is 4. The SMILES string of the molecule is CCCOc1nccnc1N1CC[C@H](N(C)C(=O)c2ccnn2C)C1. The Morgan fingerprint density at radius 2 is 2.16 bits per heavy atom. The molecular weight excluding hydrogens is 320 g/mol. The molecule has 1 saturated heterocycles. The molecule has 0 N–H and O–H groups in total. The lowest BCUT2D eigenvalue weighted by Gasteiger charge is -2.25. The summed E-state index contributed by atoms with van der Waals surface area (Å²) >= 11 is 0. The number of anilines is 1. The molecule has 0 saturated carbocycles. The normalized spacial score (nSPS) is 16.9. The minimum Gasteiger partial charge on any atom is -0.475 e. The molecule has 1 aliphatic heterocycles. The largest absolute Gasteiger partial charge is 0.475 e. The zero-order valence-corrected chi connectivity index (χ0v) is 14.9. The summed E-state index contributed by atoms with van der Waals surface area (Å²) in [5.41, 5.74) is 0.590. The molecule has 0 aliphatic carbocycles. The van der Waals surface area contributed by atoms with Gasteiger partial charge in [-0.1, -0.05) is 6.92 Å². The number of hydrogen-bond acceptors (Lipinski definition) is 6. The van der Waals surface area contributed by atoms with Crippen LogP contribution in [0.5, 0.6) is 5.88 Å². The average Bonchev–Trinajstić information content (AvgIpc) is 3.28. The maximum Gasteiger partial charge on any atom is 0.272 e. The van der Waals surface area contributed by atoms with Crippen molar-refractivity contribution in [3.8, 4) is 5.88 Å². The van der Waals surface area contributed by atoms with Crippen LogP contribution in [0.3, 0.4) is 0 Å². The lowest BCUT2D eigenvalue weighted by molar-refractivity contribution is 0.0734. The van der Waals surface area contributed by atoms with E-state index in [-0.39, 0.29) is 11.9 Å². The Hall–Kier alpha value is -2.64. The van der Waals surface area contributed by atoms with Gasteiger partial charge in [0, 0.05) is 45.8 Å². The Labute approximate surface area is 147 Å². The monoisotopic (exact) mass is 344 g/mol. The van der Waals surface area contributed by atoms with Crippen molar-refractivity contribution in [3.05, 3.63) is 30.4 Å². The highest BCUT2D eigenvalue weighted by Crippen LogP contribution is 2.28. The summed E-state index contributed by atoms with van der Waals surface area (Å²) in [7, 11) is 3.62. The molecule has 0 bridgehead atoms. The van der Waals surface area contributed by atoms with Crippen molar-refractivity contribution in [3.63, 3.8) is 0 Å². The molecular formula is C17H24N6O2. The van der Waals surface area contributed by atoms with Crippen molar-refractivity contribution in [2.45, 2.75) is 25.8 Å². The Bertz CT molecular complexity index is 731. The summed E-state index contributed by atoms with van der Waals surface area (Å²) in [5.74, 6) is 1.29. The van der Waals surface area contributed by atoms with E-state index in [9.17, 15) is 4.79 Å². The quantitative estimate of drug-likeness (QED) is 0.787. The van der Waals surface area contributed by atoms with Crippen LogP contribution in [0.15, 0.2) is 24.7 Å². The van der Waals surface area contributed by atoms with Gasteiger partial charge in [-0.2, -0.15) is 5.10 Å². The maximum absolute atomic E-state index is 12.7. The zero-order chi connectivity index (χ0) is 17.8. The Balaban J connectivity index is 1.70. The van der Waals surface area contributed by atoms with Gasteiger partial charge in [0.25, 0.3) is 11.8 Å². The number of rotatable bonds is 6. The summed E-state index contributed by atoms with van der Waals surface area (Å²) in [6.07, 6.45) is 6.75. The number of carbonyl (C=O) groups is 1. The summed E-state index contributed by atoms with van der Waals surface area (Å²) in [4.78, 5) is 25.3. The molecule has 1 fully saturated rings. The molecule has 8 nitrogen and oxygen atoms in total. The first kappa shape index (κ1) is 17.2. The van der Waals surface area contributed by atoms with Gasteiger partial charge in [-0.05, 0) is 18.9 Å². The second-order valence-electron chi connectivity index (χ2n) is 6.18. The number of likely N-dealkylation sites (N-methyl/N-ethyl adjacent to an activating group) is 1. The molecule has 2 aromatic rings. The van der Waals surface area contributed by atoms with Gasteiger partial charge in [0.15, 0.2) is 5.82 Å². The first-order chi connectivity index (χ1) is 12.1. The topological polar surface area (TPSA) is 76.4 Å². The highest BCUT2D eigenvalue weighted by molar-refractivity contribution is 5.92. The predicted octanol–water partition coefficient (Wildman–Crippen LogP) is 1.35. The van der Waals surface area contributed by atoms with Gasteiger partial charge in [0.05, 0.1) is 12.6 Å². The van der Waals surface area contributed by atoms with Crippen LogP contribution in [0.25, 0.3) is 0 Å². The van der Waals surface area contributed by atoms with Crippen molar-refractivity contribution < 1.29 is 9.53 Å². The number of hydrogen-bond donors (Lipinski definition) is 0. The molecule has 1 amide bonds. The third-order valence-corrected chi connectivity index (χ3v) is 4.46. The van der Waals surface area contributed by atoms with Gasteiger partial charge < -0.3 is 14.5 Å². The van der Waals surface area contributed by atoms with Crippen molar-refractivity contribution in [1.82, 2.24) is 24.6 Å². The first-order valence-electron chi connectivity index (χ1n) is 8.55. The Kier molecular flexibility index (Phi) is 5.16. The maximum atomic E-state index is 12.7. The minimum atomic E-state index is -0.0200. The lowest BCUT2D eigenvalue weighted by Crippen LogP contribution is -2.40. The summed E-state index contributed by atoms with van der Waals surface area (Å²) in [6, 6.07) is 1.86. The molecule has 3 heterocycles. The highest BCUT2D eigenvalue weighted by Gasteiger charge is 2.31. The highest BCUT2D eigenvalue weighted by atomic mass is 16.5. The molecule has 0 spiro atoms. The van der Waals surface area contributed by atoms with E-state index in [4.69, 9.17) is 4.74 Å². The van der Waals surface area contributed by atoms with Crippen molar-refractivity contribution in [2.75, 3.05) is 31.6 Å². The third-order valence-electron chi connectivity index (χ3n) is 4.46. The van der Waals surface area contributed by atoms with Crippen LogP contribution in [-0.2, 0) is 7.05 Å². The van der Waals surface area contributed by atoms with Crippen molar-refractivity contribution in [1.29, 1.82) is 0 Å². The summed E-state index contributed by atoms with van der Waals surface area (Å²) in [5, 5.41) is 4.07. The summed E-state index contributed by atoms with van der Waals surface area (Å²) < 4.78 is 7.31. The molecule has 0 unspecified atom stereocenters. The van der Waals surface area contributed by atoms with Crippen LogP contribution >= 0.6 is 0 Å². The van der Waals surface area contributed by atoms with E-state index in [1.165, 1.54) is 0 Å². The zero-order valence-electron chi connectivity index (χ0n) is 14.9. The molecule has 25 heavy (non-hydrogen) atoms. The smallest absolute Gasteiger partial charge is 0.272 e. The van der Waals surface area contributed by atoms with Gasteiger partial charge in [-0.3, -0.25) is 9.48 Å². The average molecular weight is 344 g/mol. The molecule has 1 atom stereocenters. The Morgan fingerprint density at radius 3 is 2.88 bits per heavy atom. The van der Waals surface area contributed by atoms with Crippen LogP contribution in [0.2, 0.25) is 0 Å². The van der Waals surface area contributed by atoms with Crippen molar-refractivity contribution >= 4 is 11.7 Å². The van der Waals surface area contributed by atoms with E-state index in [1.807, 2.05) is 7.05 Å². The van der Waals surface area contributed by atoms with Crippen LogP contribution in [0.4, 0.5) is 5.82 Å². The number of carbonyl (C=O) groups excluding carboxylic acids is 1. The molecule has 0 radical (unpaired) electrons. The van der Waals surface area contributed by atoms with Crippen LogP contribution < -0.4 is 9.64 Å². The van der Waals surface area contributed by atoms with Gasteiger partial charge >= 0.3 is 0 Å². The van der Waals surface area contributed by atoms with Crippen LogP contribution in [0.1, 0.15) is 30.3 Å². The molecule has 3 rings (SSSR count). The fraction of sp³-hybridized carbons (Fsp3) is 0.529. The van der Waals surface area contributed by atoms with E-state index in [2.05, 4.69) is 26.9 Å². The standard InChI is InChI=1S/C17H24N6O2/c1-4-11-25-16-15(18-8-9-19-16)23-10-6-13(12-23)21(2)17(24)14-5-7-20-22(14)3/h5,7-9,13H,4,6,10-12H2,1-3H3/t13-/m0/s1. The third kappa shape index (κ3) is 3.57. The minimum absolute atomic E-state index is 0.0200. The first-order valence-corrected chi connectivity index (χ1v) is 8.55. The molecule has 2 aromatic heterocycles. The fourth-order valence-electron chi connectivity index (χ4n) is 3.02. The molecule has 8 heteroatoms. The molecule has 0 aromatic carbocycles. The van der Waals surface area contributed by atoms with Crippen molar-refractivity contribution in [2.24, 2.45) is 7.05 Å². The van der Waals surface area contributed by atoms with E-state index in [1.54, 1.807) is 41.3 Å². The second kappa shape index (κ2) is 7.50. The predicted molar refractivity (Wildman–Crippen MR) is 93.7 cm³/mol. The van der Waals surface area contributed by atoms with Gasteiger partial charge in [0.2, 0.25) is 0 Å². The van der Waals surface area contributed by atoms with E-state index >= 15 is 0 Å². The number of nitrogens with zero attached hydrogens (tertiary/aromatic N) is 6. The fourth-order valence-corrected chi connectivity index (χ4v) is 3.02. The van der Waals surface area contributed by atoms with E-state index < -0.39 is 0 Å². The van der Waals surface area contributed by atoms with Gasteiger partial charge in [-0.25, -0.2) is 9.97 Å². The molecule has 134 valence electrons. The number of amides is 1. The van der Waals surface area contributed by atoms with E-state index in [0.717, 1.165) is 25.2 Å². The van der Waals surface area contributed by atoms with Crippen LogP contribution in [-0.4, -0.2) is 63.3 Å². The number of ether oxygens (including phenoxy) is 1. The van der Waals surface area contributed by atoms with Gasteiger partial charge in [-0.15, -0.1) is 0 Å². The lowest BCUT2D eigenvalue weighted by atomic mass is 10.2.